The molecule has 0 spiro atoms. The topological polar surface area (TPSA) is 49.8 Å². The SMILES string of the molecule is O=C1COC(CCCO)CN1c1cccc(F)c1. The van der Waals surface area contributed by atoms with E-state index in [4.69, 9.17) is 9.84 Å². The molecule has 0 aliphatic carbocycles. The summed E-state index contributed by atoms with van der Waals surface area (Å²) in [6.45, 7) is 0.517. The van der Waals surface area contributed by atoms with Crippen molar-refractivity contribution in [3.8, 4) is 0 Å². The van der Waals surface area contributed by atoms with Gasteiger partial charge in [0.15, 0.2) is 0 Å². The number of carbonyl (C=O) groups is 1. The zero-order chi connectivity index (χ0) is 13.0. The molecule has 1 unspecified atom stereocenters. The lowest BCUT2D eigenvalue weighted by molar-refractivity contribution is -0.129. The summed E-state index contributed by atoms with van der Waals surface area (Å²) in [5.74, 6) is -0.528. The van der Waals surface area contributed by atoms with Gasteiger partial charge in [0.25, 0.3) is 5.91 Å². The molecular formula is C13H16FNO3. The Morgan fingerprint density at radius 1 is 1.50 bits per heavy atom. The monoisotopic (exact) mass is 253 g/mol. The summed E-state index contributed by atoms with van der Waals surface area (Å²) in [4.78, 5) is 13.3. The van der Waals surface area contributed by atoms with Crippen molar-refractivity contribution >= 4 is 11.6 Å². The van der Waals surface area contributed by atoms with Crippen molar-refractivity contribution in [2.75, 3.05) is 24.7 Å². The maximum Gasteiger partial charge on any atom is 0.253 e. The fourth-order valence-electron chi connectivity index (χ4n) is 2.01. The first kappa shape index (κ1) is 13.0. The maximum atomic E-state index is 13.1. The average molecular weight is 253 g/mol. The van der Waals surface area contributed by atoms with Crippen LogP contribution in [0.25, 0.3) is 0 Å². The van der Waals surface area contributed by atoms with Crippen LogP contribution in [0, 0.1) is 5.82 Å². The molecule has 0 saturated carbocycles. The van der Waals surface area contributed by atoms with E-state index in [0.29, 0.717) is 25.1 Å². The van der Waals surface area contributed by atoms with E-state index >= 15 is 0 Å². The highest BCUT2D eigenvalue weighted by molar-refractivity contribution is 5.94. The molecule has 1 fully saturated rings. The number of hydrogen-bond donors (Lipinski definition) is 1. The predicted molar refractivity (Wildman–Crippen MR) is 64.8 cm³/mol. The first-order valence-corrected chi connectivity index (χ1v) is 5.99. The van der Waals surface area contributed by atoms with Crippen molar-refractivity contribution in [3.05, 3.63) is 30.1 Å². The highest BCUT2D eigenvalue weighted by Gasteiger charge is 2.27. The van der Waals surface area contributed by atoms with Crippen LogP contribution in [0.2, 0.25) is 0 Å². The molecule has 18 heavy (non-hydrogen) atoms. The number of nitrogens with zero attached hydrogens (tertiary/aromatic N) is 1. The minimum absolute atomic E-state index is 0.00656. The number of anilines is 1. The zero-order valence-corrected chi connectivity index (χ0v) is 10.0. The number of hydrogen-bond acceptors (Lipinski definition) is 3. The van der Waals surface area contributed by atoms with Gasteiger partial charge in [0.05, 0.1) is 12.6 Å². The lowest BCUT2D eigenvalue weighted by atomic mass is 10.1. The molecule has 98 valence electrons. The van der Waals surface area contributed by atoms with Crippen molar-refractivity contribution in [2.24, 2.45) is 0 Å². The minimum Gasteiger partial charge on any atom is -0.396 e. The number of rotatable bonds is 4. The van der Waals surface area contributed by atoms with Gasteiger partial charge >= 0.3 is 0 Å². The maximum absolute atomic E-state index is 13.1. The van der Waals surface area contributed by atoms with Gasteiger partial charge in [-0.25, -0.2) is 4.39 Å². The average Bonchev–Trinajstić information content (AvgIpc) is 2.38. The van der Waals surface area contributed by atoms with Gasteiger partial charge in [-0.05, 0) is 31.0 Å². The Hall–Kier alpha value is -1.46. The first-order chi connectivity index (χ1) is 8.70. The van der Waals surface area contributed by atoms with Crippen LogP contribution in [-0.2, 0) is 9.53 Å². The highest BCUT2D eigenvalue weighted by atomic mass is 19.1. The highest BCUT2D eigenvalue weighted by Crippen LogP contribution is 2.21. The molecule has 1 heterocycles. The summed E-state index contributed by atoms with van der Waals surface area (Å²) in [5, 5.41) is 8.78. The Morgan fingerprint density at radius 3 is 3.06 bits per heavy atom. The van der Waals surface area contributed by atoms with Gasteiger partial charge in [-0.1, -0.05) is 6.07 Å². The lowest BCUT2D eigenvalue weighted by Crippen LogP contribution is -2.46. The van der Waals surface area contributed by atoms with Crippen molar-refractivity contribution in [1.82, 2.24) is 0 Å². The third kappa shape index (κ3) is 3.05. The van der Waals surface area contributed by atoms with E-state index in [2.05, 4.69) is 0 Å². The van der Waals surface area contributed by atoms with E-state index in [1.165, 1.54) is 17.0 Å². The number of amides is 1. The van der Waals surface area contributed by atoms with Crippen molar-refractivity contribution in [2.45, 2.75) is 18.9 Å². The second-order valence-corrected chi connectivity index (χ2v) is 4.28. The summed E-state index contributed by atoms with van der Waals surface area (Å²) in [7, 11) is 0. The largest absolute Gasteiger partial charge is 0.396 e. The molecule has 0 radical (unpaired) electrons. The van der Waals surface area contributed by atoms with Gasteiger partial charge in [0.2, 0.25) is 0 Å². The third-order valence-corrected chi connectivity index (χ3v) is 2.93. The zero-order valence-electron chi connectivity index (χ0n) is 10.0. The van der Waals surface area contributed by atoms with Crippen LogP contribution in [0.3, 0.4) is 0 Å². The first-order valence-electron chi connectivity index (χ1n) is 5.99. The number of carbonyl (C=O) groups excluding carboxylic acids is 1. The van der Waals surface area contributed by atoms with E-state index in [1.54, 1.807) is 12.1 Å². The van der Waals surface area contributed by atoms with Crippen LogP contribution in [0.15, 0.2) is 24.3 Å². The second kappa shape index (κ2) is 5.93. The Balaban J connectivity index is 2.08. The summed E-state index contributed by atoms with van der Waals surface area (Å²) in [5.41, 5.74) is 0.553. The van der Waals surface area contributed by atoms with E-state index in [1.807, 2.05) is 0 Å². The van der Waals surface area contributed by atoms with Crippen molar-refractivity contribution in [3.63, 3.8) is 0 Å². The van der Waals surface area contributed by atoms with E-state index < -0.39 is 0 Å². The van der Waals surface area contributed by atoms with Gasteiger partial charge in [-0.15, -0.1) is 0 Å². The molecule has 1 aliphatic rings. The van der Waals surface area contributed by atoms with E-state index in [9.17, 15) is 9.18 Å². The molecule has 2 rings (SSSR count). The molecule has 0 bridgehead atoms. The van der Waals surface area contributed by atoms with E-state index in [-0.39, 0.29) is 31.0 Å². The molecule has 1 saturated heterocycles. The molecular weight excluding hydrogens is 237 g/mol. The van der Waals surface area contributed by atoms with Crippen LogP contribution in [0.5, 0.6) is 0 Å². The van der Waals surface area contributed by atoms with Gasteiger partial charge in [-0.3, -0.25) is 4.79 Å². The number of halogens is 1. The summed E-state index contributed by atoms with van der Waals surface area (Å²) < 4.78 is 18.5. The van der Waals surface area contributed by atoms with E-state index in [0.717, 1.165) is 0 Å². The fraction of sp³-hybridized carbons (Fsp3) is 0.462. The molecule has 1 amide bonds. The number of ether oxygens (including phenoxy) is 1. The van der Waals surface area contributed by atoms with Gasteiger partial charge < -0.3 is 14.7 Å². The minimum atomic E-state index is -0.362. The summed E-state index contributed by atoms with van der Waals surface area (Å²) in [6.07, 6.45) is 1.23. The third-order valence-electron chi connectivity index (χ3n) is 2.93. The van der Waals surface area contributed by atoms with Gasteiger partial charge in [0, 0.05) is 12.3 Å². The molecule has 0 aromatic heterocycles. The summed E-state index contributed by atoms with van der Waals surface area (Å²) >= 11 is 0. The van der Waals surface area contributed by atoms with Crippen LogP contribution in [0.4, 0.5) is 10.1 Å². The smallest absolute Gasteiger partial charge is 0.253 e. The standard InChI is InChI=1S/C13H16FNO3/c14-10-3-1-4-11(7-10)15-8-12(5-2-6-16)18-9-13(15)17/h1,3-4,7,12,16H,2,5-6,8-9H2. The predicted octanol–water partition coefficient (Wildman–Crippen LogP) is 1.33. The quantitative estimate of drug-likeness (QED) is 0.880. The Bertz CT molecular complexity index is 424. The Kier molecular flexibility index (Phi) is 4.28. The van der Waals surface area contributed by atoms with Crippen molar-refractivity contribution in [1.29, 1.82) is 0 Å². The molecule has 1 aromatic rings. The van der Waals surface area contributed by atoms with Gasteiger partial charge in [-0.2, -0.15) is 0 Å². The molecule has 1 N–H and O–H groups in total. The van der Waals surface area contributed by atoms with Gasteiger partial charge in [0.1, 0.15) is 12.4 Å². The molecule has 1 aliphatic heterocycles. The van der Waals surface area contributed by atoms with Crippen LogP contribution in [-0.4, -0.2) is 36.9 Å². The number of benzene rings is 1. The van der Waals surface area contributed by atoms with Crippen LogP contribution < -0.4 is 4.90 Å². The van der Waals surface area contributed by atoms with Crippen LogP contribution in [0.1, 0.15) is 12.8 Å². The molecule has 4 nitrogen and oxygen atoms in total. The van der Waals surface area contributed by atoms with Crippen LogP contribution >= 0.6 is 0 Å². The number of aliphatic hydroxyl groups excluding tert-OH is 1. The number of aliphatic hydroxyl groups is 1. The Morgan fingerprint density at radius 2 is 2.33 bits per heavy atom. The molecule has 1 atom stereocenters. The fourth-order valence-corrected chi connectivity index (χ4v) is 2.01. The molecule has 1 aromatic carbocycles. The summed E-state index contributed by atoms with van der Waals surface area (Å²) in [6, 6.07) is 5.97. The molecule has 5 heteroatoms. The lowest BCUT2D eigenvalue weighted by Gasteiger charge is -2.32. The second-order valence-electron chi connectivity index (χ2n) is 4.28. The Labute approximate surface area is 105 Å². The number of morpholine rings is 1. The normalized spacial score (nSPS) is 20.2. The van der Waals surface area contributed by atoms with Crippen molar-refractivity contribution < 1.29 is 19.0 Å².